The summed E-state index contributed by atoms with van der Waals surface area (Å²) in [5.41, 5.74) is 4.69. The lowest BCUT2D eigenvalue weighted by atomic mass is 9.87. The van der Waals surface area contributed by atoms with Crippen LogP contribution in [0.4, 0.5) is 0 Å². The number of carbonyl (C=O) groups excluding carboxylic acids is 1. The van der Waals surface area contributed by atoms with E-state index in [2.05, 4.69) is 31.3 Å². The Hall–Kier alpha value is -1.84. The van der Waals surface area contributed by atoms with Crippen LogP contribution in [0.3, 0.4) is 0 Å². The molecule has 0 radical (unpaired) electrons. The molecular weight excluding hydrogens is 252 g/mol. The number of amides is 1. The van der Waals surface area contributed by atoms with Crippen LogP contribution < -0.4 is 10.2 Å². The van der Waals surface area contributed by atoms with Gasteiger partial charge in [-0.05, 0) is 36.5 Å². The fourth-order valence-corrected chi connectivity index (χ4v) is 1.47. The van der Waals surface area contributed by atoms with E-state index in [1.807, 2.05) is 38.1 Å². The first kappa shape index (κ1) is 16.2. The highest BCUT2D eigenvalue weighted by Crippen LogP contribution is 2.24. The van der Waals surface area contributed by atoms with Gasteiger partial charge in [-0.2, -0.15) is 5.10 Å². The number of benzene rings is 1. The first-order valence-electron chi connectivity index (χ1n) is 6.88. The van der Waals surface area contributed by atoms with Gasteiger partial charge in [0.1, 0.15) is 5.75 Å². The van der Waals surface area contributed by atoms with Gasteiger partial charge in [0.15, 0.2) is 6.61 Å². The SMILES string of the molecule is CCC(C)=NNC(=O)COc1ccc(C(C)(C)C)cc1. The minimum absolute atomic E-state index is 0.0324. The molecule has 110 valence electrons. The lowest BCUT2D eigenvalue weighted by Gasteiger charge is -2.19. The molecule has 0 saturated carbocycles. The molecule has 0 aromatic heterocycles. The molecule has 0 aliphatic carbocycles. The van der Waals surface area contributed by atoms with Gasteiger partial charge in [-0.25, -0.2) is 5.43 Å². The first-order valence-corrected chi connectivity index (χ1v) is 6.88. The lowest BCUT2D eigenvalue weighted by molar-refractivity contribution is -0.123. The van der Waals surface area contributed by atoms with Crippen molar-refractivity contribution in [1.29, 1.82) is 0 Å². The summed E-state index contributed by atoms with van der Waals surface area (Å²) in [6.07, 6.45) is 0.815. The van der Waals surface area contributed by atoms with Crippen LogP contribution in [0.25, 0.3) is 0 Å². The number of hydrogen-bond donors (Lipinski definition) is 1. The molecule has 1 aromatic carbocycles. The molecule has 20 heavy (non-hydrogen) atoms. The Morgan fingerprint density at radius 2 is 1.85 bits per heavy atom. The fraction of sp³-hybridized carbons (Fsp3) is 0.500. The third kappa shape index (κ3) is 5.43. The van der Waals surface area contributed by atoms with Crippen LogP contribution in [0, 0.1) is 0 Å². The number of hydrogen-bond acceptors (Lipinski definition) is 3. The summed E-state index contributed by atoms with van der Waals surface area (Å²) in [6.45, 7) is 10.3. The van der Waals surface area contributed by atoms with E-state index in [0.29, 0.717) is 5.75 Å². The van der Waals surface area contributed by atoms with Crippen LogP contribution in [-0.2, 0) is 10.2 Å². The van der Waals surface area contributed by atoms with E-state index in [4.69, 9.17) is 4.74 Å². The molecule has 0 atom stereocenters. The molecule has 0 heterocycles. The standard InChI is InChI=1S/C16H24N2O2/c1-6-12(2)17-18-15(19)11-20-14-9-7-13(8-10-14)16(3,4)5/h7-10H,6,11H2,1-5H3,(H,18,19). The van der Waals surface area contributed by atoms with E-state index < -0.39 is 0 Å². The average molecular weight is 276 g/mol. The summed E-state index contributed by atoms with van der Waals surface area (Å²) < 4.78 is 5.42. The van der Waals surface area contributed by atoms with Crippen molar-refractivity contribution in [3.8, 4) is 5.75 Å². The minimum Gasteiger partial charge on any atom is -0.484 e. The number of carbonyl (C=O) groups is 1. The van der Waals surface area contributed by atoms with Crippen molar-refractivity contribution in [2.24, 2.45) is 5.10 Å². The second-order valence-electron chi connectivity index (χ2n) is 5.80. The number of ether oxygens (including phenoxy) is 1. The summed E-state index contributed by atoms with van der Waals surface area (Å²) in [4.78, 5) is 11.5. The highest BCUT2D eigenvalue weighted by molar-refractivity contribution is 5.84. The van der Waals surface area contributed by atoms with Crippen LogP contribution in [-0.4, -0.2) is 18.2 Å². The zero-order valence-electron chi connectivity index (χ0n) is 13.0. The van der Waals surface area contributed by atoms with E-state index in [0.717, 1.165) is 12.1 Å². The van der Waals surface area contributed by atoms with Gasteiger partial charge < -0.3 is 4.74 Å². The molecule has 0 spiro atoms. The van der Waals surface area contributed by atoms with Gasteiger partial charge in [0, 0.05) is 5.71 Å². The minimum atomic E-state index is -0.252. The molecule has 1 amide bonds. The number of hydrazone groups is 1. The van der Waals surface area contributed by atoms with E-state index in [-0.39, 0.29) is 17.9 Å². The molecule has 4 heteroatoms. The third-order valence-electron chi connectivity index (χ3n) is 2.97. The quantitative estimate of drug-likeness (QED) is 0.663. The monoisotopic (exact) mass is 276 g/mol. The van der Waals surface area contributed by atoms with Crippen LogP contribution in [0.15, 0.2) is 29.4 Å². The number of nitrogens with one attached hydrogen (secondary N) is 1. The van der Waals surface area contributed by atoms with Crippen molar-refractivity contribution >= 4 is 11.6 Å². The van der Waals surface area contributed by atoms with Gasteiger partial charge >= 0.3 is 0 Å². The molecule has 0 aliphatic heterocycles. The molecule has 0 aliphatic rings. The Morgan fingerprint density at radius 1 is 1.25 bits per heavy atom. The largest absolute Gasteiger partial charge is 0.484 e. The predicted octanol–water partition coefficient (Wildman–Crippen LogP) is 3.27. The average Bonchev–Trinajstić information content (AvgIpc) is 2.41. The van der Waals surface area contributed by atoms with E-state index in [9.17, 15) is 4.79 Å². The summed E-state index contributed by atoms with van der Waals surface area (Å²) in [7, 11) is 0. The molecular formula is C16H24N2O2. The van der Waals surface area contributed by atoms with E-state index in [1.54, 1.807) is 0 Å². The molecule has 1 aromatic rings. The van der Waals surface area contributed by atoms with Gasteiger partial charge in [-0.15, -0.1) is 0 Å². The Kier molecular flexibility index (Phi) is 5.74. The first-order chi connectivity index (χ1) is 9.32. The lowest BCUT2D eigenvalue weighted by Crippen LogP contribution is -2.25. The van der Waals surface area contributed by atoms with Crippen LogP contribution in [0.1, 0.15) is 46.6 Å². The van der Waals surface area contributed by atoms with Crippen LogP contribution in [0.5, 0.6) is 5.75 Å². The van der Waals surface area contributed by atoms with Gasteiger partial charge in [-0.3, -0.25) is 4.79 Å². The van der Waals surface area contributed by atoms with Crippen LogP contribution in [0.2, 0.25) is 0 Å². The van der Waals surface area contributed by atoms with E-state index >= 15 is 0 Å². The maximum Gasteiger partial charge on any atom is 0.277 e. The Bertz CT molecular complexity index is 470. The predicted molar refractivity (Wildman–Crippen MR) is 82.2 cm³/mol. The fourth-order valence-electron chi connectivity index (χ4n) is 1.47. The summed E-state index contributed by atoms with van der Waals surface area (Å²) in [5.74, 6) is 0.432. The van der Waals surface area contributed by atoms with Crippen molar-refractivity contribution < 1.29 is 9.53 Å². The zero-order chi connectivity index (χ0) is 15.2. The molecule has 0 bridgehead atoms. The van der Waals surface area contributed by atoms with Crippen molar-refractivity contribution in [2.45, 2.75) is 46.5 Å². The van der Waals surface area contributed by atoms with Crippen LogP contribution >= 0.6 is 0 Å². The topological polar surface area (TPSA) is 50.7 Å². The Morgan fingerprint density at radius 3 is 2.35 bits per heavy atom. The van der Waals surface area contributed by atoms with Crippen molar-refractivity contribution in [3.05, 3.63) is 29.8 Å². The van der Waals surface area contributed by atoms with E-state index in [1.165, 1.54) is 5.56 Å². The Balaban J connectivity index is 2.48. The normalized spacial score (nSPS) is 12.2. The summed E-state index contributed by atoms with van der Waals surface area (Å²) in [5, 5.41) is 3.94. The van der Waals surface area contributed by atoms with Gasteiger partial charge in [0.25, 0.3) is 5.91 Å². The highest BCUT2D eigenvalue weighted by atomic mass is 16.5. The summed E-state index contributed by atoms with van der Waals surface area (Å²) >= 11 is 0. The van der Waals surface area contributed by atoms with Crippen molar-refractivity contribution in [2.75, 3.05) is 6.61 Å². The molecule has 1 rings (SSSR count). The van der Waals surface area contributed by atoms with Gasteiger partial charge in [0.2, 0.25) is 0 Å². The second-order valence-corrected chi connectivity index (χ2v) is 5.80. The molecule has 0 fully saturated rings. The molecule has 0 unspecified atom stereocenters. The zero-order valence-corrected chi connectivity index (χ0v) is 13.0. The smallest absolute Gasteiger partial charge is 0.277 e. The Labute approximate surface area is 121 Å². The van der Waals surface area contributed by atoms with Crippen molar-refractivity contribution in [1.82, 2.24) is 5.43 Å². The summed E-state index contributed by atoms with van der Waals surface area (Å²) in [6, 6.07) is 7.81. The molecule has 4 nitrogen and oxygen atoms in total. The molecule has 0 saturated heterocycles. The second kappa shape index (κ2) is 7.08. The maximum atomic E-state index is 11.5. The molecule has 1 N–H and O–H groups in total. The maximum absolute atomic E-state index is 11.5. The van der Waals surface area contributed by atoms with Gasteiger partial charge in [0.05, 0.1) is 0 Å². The third-order valence-corrected chi connectivity index (χ3v) is 2.97. The number of nitrogens with zero attached hydrogens (tertiary/aromatic N) is 1. The van der Waals surface area contributed by atoms with Gasteiger partial charge in [-0.1, -0.05) is 39.8 Å². The highest BCUT2D eigenvalue weighted by Gasteiger charge is 2.13. The number of rotatable bonds is 5. The van der Waals surface area contributed by atoms with Crippen molar-refractivity contribution in [3.63, 3.8) is 0 Å².